The van der Waals surface area contributed by atoms with E-state index in [-0.39, 0.29) is 17.0 Å². The van der Waals surface area contributed by atoms with Crippen molar-refractivity contribution in [1.82, 2.24) is 0 Å². The van der Waals surface area contributed by atoms with Gasteiger partial charge in [0.25, 0.3) is 0 Å². The van der Waals surface area contributed by atoms with Crippen LogP contribution >= 0.6 is 0 Å². The molecule has 0 aromatic carbocycles. The molecule has 0 aliphatic carbocycles. The zero-order valence-electron chi connectivity index (χ0n) is 11.3. The van der Waals surface area contributed by atoms with Crippen molar-refractivity contribution in [2.75, 3.05) is 6.61 Å². The van der Waals surface area contributed by atoms with Gasteiger partial charge < -0.3 is 14.3 Å². The van der Waals surface area contributed by atoms with Crippen LogP contribution in [0.15, 0.2) is 0 Å². The van der Waals surface area contributed by atoms with Crippen molar-refractivity contribution in [2.45, 2.75) is 46.1 Å². The lowest BCUT2D eigenvalue weighted by Gasteiger charge is -2.30. The molecular weight excluding hydrogens is 202 g/mol. The van der Waals surface area contributed by atoms with Gasteiger partial charge in [0.05, 0.1) is 23.6 Å². The van der Waals surface area contributed by atoms with E-state index < -0.39 is 5.41 Å². The molecule has 0 atom stereocenters. The van der Waals surface area contributed by atoms with E-state index in [1.807, 2.05) is 27.7 Å². The summed E-state index contributed by atoms with van der Waals surface area (Å²) in [5.41, 5.74) is -0.510. The van der Waals surface area contributed by atoms with Crippen molar-refractivity contribution in [2.24, 2.45) is 5.41 Å². The van der Waals surface area contributed by atoms with Gasteiger partial charge in [0, 0.05) is 5.41 Å². The number of rotatable bonds is 7. The molecule has 0 unspecified atom stereocenters. The molecule has 16 heavy (non-hydrogen) atoms. The van der Waals surface area contributed by atoms with Crippen LogP contribution in [0.2, 0.25) is 0 Å². The number of hydrogen-bond acceptors (Lipinski definition) is 3. The Labute approximate surface area is 100 Å². The largest absolute Gasteiger partial charge is 0.375 e. The summed E-state index contributed by atoms with van der Waals surface area (Å²) in [7, 11) is 3.15. The van der Waals surface area contributed by atoms with Crippen molar-refractivity contribution >= 4 is 27.1 Å². The maximum absolute atomic E-state index is 11.3. The van der Waals surface area contributed by atoms with Crippen molar-refractivity contribution in [1.29, 1.82) is 0 Å². The second-order valence-electron chi connectivity index (χ2n) is 5.69. The summed E-state index contributed by atoms with van der Waals surface area (Å²) in [5.74, 6) is 0. The van der Waals surface area contributed by atoms with Gasteiger partial charge in [0.15, 0.2) is 15.7 Å². The second-order valence-corrected chi connectivity index (χ2v) is 5.69. The molecule has 0 aromatic heterocycles. The Morgan fingerprint density at radius 1 is 1.12 bits per heavy atom. The first-order valence-electron chi connectivity index (χ1n) is 5.71. The predicted octanol–water partition coefficient (Wildman–Crippen LogP) is -0.0926. The van der Waals surface area contributed by atoms with Crippen molar-refractivity contribution in [3.63, 3.8) is 0 Å². The van der Waals surface area contributed by atoms with Gasteiger partial charge in [-0.25, -0.2) is 0 Å². The molecule has 0 heterocycles. The van der Waals surface area contributed by atoms with Crippen LogP contribution in [0.25, 0.3) is 0 Å². The minimum absolute atomic E-state index is 0.120. The van der Waals surface area contributed by atoms with Crippen molar-refractivity contribution in [3.8, 4) is 0 Å². The lowest BCUT2D eigenvalue weighted by molar-refractivity contribution is -0.127. The molecule has 0 saturated carbocycles. The molecule has 0 bridgehead atoms. The summed E-state index contributed by atoms with van der Waals surface area (Å²) in [6.45, 7) is 8.04. The van der Waals surface area contributed by atoms with Gasteiger partial charge in [-0.2, -0.15) is 0 Å². The van der Waals surface area contributed by atoms with E-state index in [2.05, 4.69) is 0 Å². The normalized spacial score (nSPS) is 12.5. The summed E-state index contributed by atoms with van der Waals surface area (Å²) in [5, 5.41) is 0. The van der Waals surface area contributed by atoms with E-state index in [4.69, 9.17) is 4.74 Å². The summed E-state index contributed by atoms with van der Waals surface area (Å²) < 4.78 is 5.73. The average molecular weight is 224 g/mol. The molecule has 0 radical (unpaired) electrons. The topological polar surface area (TPSA) is 43.4 Å². The summed E-state index contributed by atoms with van der Waals surface area (Å²) >= 11 is 0. The number of ether oxygens (including phenoxy) is 1. The van der Waals surface area contributed by atoms with Crippen LogP contribution in [0, 0.1) is 5.41 Å². The van der Waals surface area contributed by atoms with Crippen LogP contribution in [0.1, 0.15) is 40.5 Å². The second kappa shape index (κ2) is 5.67. The zero-order valence-corrected chi connectivity index (χ0v) is 11.3. The van der Waals surface area contributed by atoms with Gasteiger partial charge >= 0.3 is 0 Å². The van der Waals surface area contributed by atoms with Crippen LogP contribution in [-0.4, -0.2) is 39.3 Å². The van der Waals surface area contributed by atoms with Gasteiger partial charge in [-0.15, -0.1) is 0 Å². The quantitative estimate of drug-likeness (QED) is 0.567. The van der Waals surface area contributed by atoms with E-state index >= 15 is 0 Å². The molecule has 90 valence electrons. The van der Waals surface area contributed by atoms with Crippen molar-refractivity contribution in [3.05, 3.63) is 0 Å². The lowest BCUT2D eigenvalue weighted by Crippen LogP contribution is -2.35. The molecule has 0 aliphatic rings. The Balaban J connectivity index is 4.17. The first kappa shape index (κ1) is 15.4. The Morgan fingerprint density at radius 2 is 1.62 bits per heavy atom. The molecule has 0 rings (SSSR count). The Morgan fingerprint density at radius 3 is 2.00 bits per heavy atom. The minimum Gasteiger partial charge on any atom is -0.375 e. The van der Waals surface area contributed by atoms with Crippen LogP contribution in [-0.2, 0) is 14.3 Å². The van der Waals surface area contributed by atoms with Crippen LogP contribution in [0.3, 0.4) is 0 Å². The Hall–Kier alpha value is -0.570. The van der Waals surface area contributed by atoms with Crippen molar-refractivity contribution < 1.29 is 14.3 Å². The van der Waals surface area contributed by atoms with E-state index in [1.165, 1.54) is 0 Å². The molecule has 5 heteroatoms. The molecule has 0 N–H and O–H groups in total. The highest BCUT2D eigenvalue weighted by Crippen LogP contribution is 2.23. The fourth-order valence-corrected chi connectivity index (χ4v) is 1.03. The fraction of sp³-hybridized carbons (Fsp3) is 0.818. The zero-order chi connectivity index (χ0) is 13.0. The summed E-state index contributed by atoms with van der Waals surface area (Å²) in [6.07, 6.45) is 1.21. The average Bonchev–Trinajstić information content (AvgIpc) is 2.12. The maximum Gasteiger partial charge on any atom is 0.187 e. The van der Waals surface area contributed by atoms with E-state index in [9.17, 15) is 9.59 Å². The smallest absolute Gasteiger partial charge is 0.187 e. The third-order valence-corrected chi connectivity index (χ3v) is 2.86. The standard InChI is InChI=1S/C11H22B2O3/c1-10(2,9(13)15)7-16-11(3,4)6-5-8(12)14/h5-7,12-13H2,1-4H3. The van der Waals surface area contributed by atoms with Gasteiger partial charge in [-0.1, -0.05) is 13.8 Å². The third kappa shape index (κ3) is 6.11. The first-order chi connectivity index (χ1) is 7.07. The van der Waals surface area contributed by atoms with Crippen LogP contribution < -0.4 is 0 Å². The van der Waals surface area contributed by atoms with Gasteiger partial charge in [-0.3, -0.25) is 0 Å². The molecule has 0 amide bonds. The molecule has 3 nitrogen and oxygen atoms in total. The minimum atomic E-state index is -0.451. The van der Waals surface area contributed by atoms with Gasteiger partial charge in [0.2, 0.25) is 0 Å². The van der Waals surface area contributed by atoms with E-state index in [0.717, 1.165) is 0 Å². The fourth-order valence-electron chi connectivity index (χ4n) is 1.03. The SMILES string of the molecule is BC(=O)CCC(C)(C)OCC(C)(C)C(B)=O. The summed E-state index contributed by atoms with van der Waals surface area (Å²) in [4.78, 5) is 22.2. The first-order valence-corrected chi connectivity index (χ1v) is 5.71. The highest BCUT2D eigenvalue weighted by molar-refractivity contribution is 6.59. The Bertz CT molecular complexity index is 272. The highest BCUT2D eigenvalue weighted by Gasteiger charge is 2.28. The number of hydrogen-bond donors (Lipinski definition) is 0. The van der Waals surface area contributed by atoms with Crippen LogP contribution in [0.4, 0.5) is 0 Å². The third-order valence-electron chi connectivity index (χ3n) is 2.86. The van der Waals surface area contributed by atoms with Gasteiger partial charge in [-0.05, 0) is 26.7 Å². The van der Waals surface area contributed by atoms with Crippen LogP contribution in [0.5, 0.6) is 0 Å². The molecule has 0 saturated heterocycles. The Kier molecular flexibility index (Phi) is 5.47. The molecular formula is C11H22B2O3. The lowest BCUT2D eigenvalue weighted by atomic mass is 9.78. The predicted molar refractivity (Wildman–Crippen MR) is 70.1 cm³/mol. The molecule has 0 spiro atoms. The molecule has 0 fully saturated rings. The number of carbonyl (C=O) groups excluding carboxylic acids is 2. The molecule has 0 aromatic rings. The van der Waals surface area contributed by atoms with E-state index in [0.29, 0.717) is 19.4 Å². The summed E-state index contributed by atoms with van der Waals surface area (Å²) in [6, 6.07) is 0. The molecule has 0 aliphatic heterocycles. The maximum atomic E-state index is 11.3. The number of carbonyl (C=O) groups is 2. The van der Waals surface area contributed by atoms with E-state index in [1.54, 1.807) is 15.7 Å². The highest BCUT2D eigenvalue weighted by atomic mass is 16.5. The van der Waals surface area contributed by atoms with Gasteiger partial charge in [0.1, 0.15) is 0 Å². The monoisotopic (exact) mass is 224 g/mol.